The van der Waals surface area contributed by atoms with Gasteiger partial charge in [-0.05, 0) is 25.0 Å². The summed E-state index contributed by atoms with van der Waals surface area (Å²) in [4.78, 5) is 0. The van der Waals surface area contributed by atoms with E-state index in [-0.39, 0.29) is 12.1 Å². The maximum atomic E-state index is 5.74. The Balaban J connectivity index is 2.81. The molecule has 0 spiro atoms. The van der Waals surface area contributed by atoms with Crippen LogP contribution in [0.2, 0.25) is 0 Å². The van der Waals surface area contributed by atoms with Crippen LogP contribution in [0.5, 0.6) is 0 Å². The summed E-state index contributed by atoms with van der Waals surface area (Å²) in [5, 5.41) is 0. The summed E-state index contributed by atoms with van der Waals surface area (Å²) in [6.07, 6.45) is 0.155. The van der Waals surface area contributed by atoms with Crippen molar-refractivity contribution in [3.8, 4) is 0 Å². The van der Waals surface area contributed by atoms with Crippen LogP contribution in [0.25, 0.3) is 0 Å². The molecule has 1 aromatic carbocycles. The second-order valence-corrected chi connectivity index (χ2v) is 3.33. The lowest BCUT2D eigenvalue weighted by Crippen LogP contribution is -2.05. The summed E-state index contributed by atoms with van der Waals surface area (Å²) < 4.78 is 5.21. The lowest BCUT2D eigenvalue weighted by Gasteiger charge is -2.11. The monoisotopic (exact) mass is 179 g/mol. The molecule has 0 aromatic heterocycles. The summed E-state index contributed by atoms with van der Waals surface area (Å²) >= 11 is 0. The molecule has 0 unspecified atom stereocenters. The van der Waals surface area contributed by atoms with Crippen molar-refractivity contribution in [2.45, 2.75) is 26.0 Å². The molecular formula is C11H17NO. The summed E-state index contributed by atoms with van der Waals surface area (Å²) in [5.74, 6) is 0. The number of rotatable bonds is 3. The molecule has 2 atom stereocenters. The van der Waals surface area contributed by atoms with Crippen molar-refractivity contribution in [2.75, 3.05) is 7.11 Å². The number of ether oxygens (including phenoxy) is 1. The molecule has 0 saturated carbocycles. The van der Waals surface area contributed by atoms with Crippen molar-refractivity contribution in [3.05, 3.63) is 35.4 Å². The molecule has 2 nitrogen and oxygen atoms in total. The topological polar surface area (TPSA) is 35.2 Å². The molecule has 0 aliphatic carbocycles. The van der Waals surface area contributed by atoms with Crippen LogP contribution in [0.3, 0.4) is 0 Å². The van der Waals surface area contributed by atoms with E-state index in [0.29, 0.717) is 0 Å². The zero-order valence-electron chi connectivity index (χ0n) is 8.45. The minimum atomic E-state index is 0.104. The Morgan fingerprint density at radius 1 is 1.08 bits per heavy atom. The van der Waals surface area contributed by atoms with Crippen molar-refractivity contribution in [1.82, 2.24) is 0 Å². The summed E-state index contributed by atoms with van der Waals surface area (Å²) in [6, 6.07) is 8.33. The summed E-state index contributed by atoms with van der Waals surface area (Å²) in [7, 11) is 1.71. The molecule has 1 aromatic rings. The first-order valence-electron chi connectivity index (χ1n) is 4.53. The highest BCUT2D eigenvalue weighted by atomic mass is 16.5. The third-order valence-electron chi connectivity index (χ3n) is 2.29. The van der Waals surface area contributed by atoms with Crippen LogP contribution in [0.15, 0.2) is 24.3 Å². The molecule has 2 heteroatoms. The zero-order chi connectivity index (χ0) is 9.84. The van der Waals surface area contributed by atoms with E-state index in [0.717, 1.165) is 5.56 Å². The first-order chi connectivity index (χ1) is 6.15. The third kappa shape index (κ3) is 2.54. The van der Waals surface area contributed by atoms with Crippen LogP contribution < -0.4 is 5.73 Å². The minimum absolute atomic E-state index is 0.104. The molecule has 72 valence electrons. The van der Waals surface area contributed by atoms with Gasteiger partial charge >= 0.3 is 0 Å². The molecule has 0 aliphatic heterocycles. The van der Waals surface area contributed by atoms with Gasteiger partial charge in [0, 0.05) is 13.2 Å². The number of methoxy groups -OCH3 is 1. The van der Waals surface area contributed by atoms with Crippen molar-refractivity contribution in [3.63, 3.8) is 0 Å². The average Bonchev–Trinajstić information content (AvgIpc) is 2.17. The molecule has 0 amide bonds. The Morgan fingerprint density at radius 3 is 1.92 bits per heavy atom. The van der Waals surface area contributed by atoms with Gasteiger partial charge in [0.1, 0.15) is 0 Å². The van der Waals surface area contributed by atoms with E-state index < -0.39 is 0 Å². The fourth-order valence-electron chi connectivity index (χ4n) is 1.21. The van der Waals surface area contributed by atoms with Crippen LogP contribution in [0, 0.1) is 0 Å². The molecule has 1 rings (SSSR count). The Morgan fingerprint density at radius 2 is 1.54 bits per heavy atom. The first kappa shape index (κ1) is 10.2. The smallest absolute Gasteiger partial charge is 0.0793 e. The van der Waals surface area contributed by atoms with Gasteiger partial charge in [0.2, 0.25) is 0 Å². The standard InChI is InChI=1S/C11H17NO/c1-8(12)10-4-6-11(7-5-10)9(2)13-3/h4-9H,12H2,1-3H3/t8-,9-/m1/s1. The highest BCUT2D eigenvalue weighted by Crippen LogP contribution is 2.18. The van der Waals surface area contributed by atoms with E-state index in [1.165, 1.54) is 5.56 Å². The SMILES string of the molecule is CO[C@H](C)c1ccc([C@@H](C)N)cc1. The molecule has 0 heterocycles. The molecule has 0 fully saturated rings. The molecule has 13 heavy (non-hydrogen) atoms. The van der Waals surface area contributed by atoms with Crippen LogP contribution in [0.1, 0.15) is 37.1 Å². The summed E-state index contributed by atoms with van der Waals surface area (Å²) in [6.45, 7) is 4.01. The largest absolute Gasteiger partial charge is 0.377 e. The zero-order valence-corrected chi connectivity index (χ0v) is 8.45. The molecular weight excluding hydrogens is 162 g/mol. The van der Waals surface area contributed by atoms with Crippen LogP contribution in [-0.2, 0) is 4.74 Å². The number of hydrogen-bond donors (Lipinski definition) is 1. The normalized spacial score (nSPS) is 15.4. The number of nitrogens with two attached hydrogens (primary N) is 1. The predicted molar refractivity (Wildman–Crippen MR) is 54.5 cm³/mol. The lowest BCUT2D eigenvalue weighted by atomic mass is 10.0. The van der Waals surface area contributed by atoms with E-state index in [1.54, 1.807) is 7.11 Å². The Labute approximate surface area is 79.7 Å². The highest BCUT2D eigenvalue weighted by molar-refractivity contribution is 5.25. The van der Waals surface area contributed by atoms with Gasteiger partial charge in [-0.1, -0.05) is 24.3 Å². The molecule has 2 N–H and O–H groups in total. The van der Waals surface area contributed by atoms with Gasteiger partial charge in [0.25, 0.3) is 0 Å². The van der Waals surface area contributed by atoms with E-state index >= 15 is 0 Å². The molecule has 0 saturated heterocycles. The van der Waals surface area contributed by atoms with Crippen molar-refractivity contribution in [2.24, 2.45) is 5.73 Å². The van der Waals surface area contributed by atoms with E-state index in [1.807, 2.05) is 13.8 Å². The maximum Gasteiger partial charge on any atom is 0.0793 e. The van der Waals surface area contributed by atoms with E-state index in [9.17, 15) is 0 Å². The van der Waals surface area contributed by atoms with Gasteiger partial charge in [-0.2, -0.15) is 0 Å². The molecule has 0 radical (unpaired) electrons. The third-order valence-corrected chi connectivity index (χ3v) is 2.29. The van der Waals surface area contributed by atoms with E-state index in [2.05, 4.69) is 24.3 Å². The van der Waals surface area contributed by atoms with Crippen LogP contribution in [-0.4, -0.2) is 7.11 Å². The lowest BCUT2D eigenvalue weighted by molar-refractivity contribution is 0.119. The van der Waals surface area contributed by atoms with E-state index in [4.69, 9.17) is 10.5 Å². The van der Waals surface area contributed by atoms with Gasteiger partial charge in [0.15, 0.2) is 0 Å². The van der Waals surface area contributed by atoms with Crippen LogP contribution >= 0.6 is 0 Å². The van der Waals surface area contributed by atoms with Gasteiger partial charge in [0.05, 0.1) is 6.10 Å². The molecule has 0 bridgehead atoms. The van der Waals surface area contributed by atoms with Gasteiger partial charge < -0.3 is 10.5 Å². The van der Waals surface area contributed by atoms with Crippen molar-refractivity contribution in [1.29, 1.82) is 0 Å². The minimum Gasteiger partial charge on any atom is -0.377 e. The maximum absolute atomic E-state index is 5.74. The number of benzene rings is 1. The predicted octanol–water partition coefficient (Wildman–Crippen LogP) is 2.41. The van der Waals surface area contributed by atoms with Gasteiger partial charge in [-0.15, -0.1) is 0 Å². The Bertz CT molecular complexity index is 253. The fourth-order valence-corrected chi connectivity index (χ4v) is 1.21. The van der Waals surface area contributed by atoms with Gasteiger partial charge in [-0.3, -0.25) is 0 Å². The van der Waals surface area contributed by atoms with Crippen molar-refractivity contribution < 1.29 is 4.74 Å². The fraction of sp³-hybridized carbons (Fsp3) is 0.455. The molecule has 0 aliphatic rings. The highest BCUT2D eigenvalue weighted by Gasteiger charge is 2.04. The van der Waals surface area contributed by atoms with Crippen LogP contribution in [0.4, 0.5) is 0 Å². The first-order valence-corrected chi connectivity index (χ1v) is 4.53. The van der Waals surface area contributed by atoms with Crippen molar-refractivity contribution >= 4 is 0 Å². The number of hydrogen-bond acceptors (Lipinski definition) is 2. The average molecular weight is 179 g/mol. The Kier molecular flexibility index (Phi) is 3.46. The quantitative estimate of drug-likeness (QED) is 0.773. The Hall–Kier alpha value is -0.860. The second kappa shape index (κ2) is 4.40. The summed E-state index contributed by atoms with van der Waals surface area (Å²) in [5.41, 5.74) is 8.09. The van der Waals surface area contributed by atoms with Gasteiger partial charge in [-0.25, -0.2) is 0 Å². The second-order valence-electron chi connectivity index (χ2n) is 3.33.